The number of primary amides is 1. The first-order valence-electron chi connectivity index (χ1n) is 10.7. The molecule has 35 heavy (non-hydrogen) atoms. The van der Waals surface area contributed by atoms with E-state index in [9.17, 15) is 29.1 Å². The molecule has 16 nitrogen and oxygen atoms in total. The molecule has 0 aliphatic heterocycles. The van der Waals surface area contributed by atoms with Gasteiger partial charge in [0.05, 0.1) is 18.9 Å². The van der Waals surface area contributed by atoms with Crippen molar-refractivity contribution in [2.45, 2.75) is 50.2 Å². The first-order chi connectivity index (χ1) is 16.5. The summed E-state index contributed by atoms with van der Waals surface area (Å²) in [6.45, 7) is -0.352. The number of aliphatic carboxylic acids is 1. The fraction of sp³-hybridized carbons (Fsp3) is 0.526. The summed E-state index contributed by atoms with van der Waals surface area (Å²) in [6, 6.07) is -3.43. The van der Waals surface area contributed by atoms with Crippen LogP contribution in [-0.2, 0) is 30.4 Å². The number of rotatable bonds is 16. The average molecular weight is 497 g/mol. The van der Waals surface area contributed by atoms with Crippen molar-refractivity contribution in [2.75, 3.05) is 13.1 Å². The highest BCUT2D eigenvalue weighted by atomic mass is 16.4. The zero-order chi connectivity index (χ0) is 26.4. The molecule has 194 valence electrons. The number of imidazole rings is 1. The molecule has 1 heterocycles. The van der Waals surface area contributed by atoms with Crippen LogP contribution in [0.4, 0.5) is 0 Å². The lowest BCUT2D eigenvalue weighted by molar-refractivity contribution is -0.142. The van der Waals surface area contributed by atoms with Gasteiger partial charge >= 0.3 is 5.97 Å². The number of H-pyrrole nitrogens is 1. The Morgan fingerprint density at radius 1 is 1.06 bits per heavy atom. The van der Waals surface area contributed by atoms with Crippen LogP contribution in [0.2, 0.25) is 0 Å². The molecule has 1 rings (SSSR count). The molecular weight excluding hydrogens is 464 g/mol. The van der Waals surface area contributed by atoms with Crippen LogP contribution in [0.3, 0.4) is 0 Å². The highest BCUT2D eigenvalue weighted by Gasteiger charge is 2.26. The molecule has 0 saturated carbocycles. The number of carbonyl (C=O) groups is 5. The Balaban J connectivity index is 2.68. The lowest BCUT2D eigenvalue weighted by Gasteiger charge is -2.20. The molecule has 0 bridgehead atoms. The third-order valence-electron chi connectivity index (χ3n) is 4.65. The molecule has 0 aliphatic carbocycles. The lowest BCUT2D eigenvalue weighted by Crippen LogP contribution is -2.54. The van der Waals surface area contributed by atoms with Gasteiger partial charge in [0.15, 0.2) is 5.96 Å². The van der Waals surface area contributed by atoms with E-state index >= 15 is 0 Å². The largest absolute Gasteiger partial charge is 0.480 e. The second-order valence-electron chi connectivity index (χ2n) is 7.58. The maximum Gasteiger partial charge on any atom is 0.326 e. The van der Waals surface area contributed by atoms with E-state index < -0.39 is 54.3 Å². The van der Waals surface area contributed by atoms with Crippen LogP contribution in [0.5, 0.6) is 0 Å². The summed E-state index contributed by atoms with van der Waals surface area (Å²) in [5.74, 6) is -4.18. The summed E-state index contributed by atoms with van der Waals surface area (Å²) in [7, 11) is 0. The Hall–Kier alpha value is -4.21. The van der Waals surface area contributed by atoms with Crippen molar-refractivity contribution < 1.29 is 29.1 Å². The van der Waals surface area contributed by atoms with Crippen molar-refractivity contribution in [2.24, 2.45) is 27.9 Å². The summed E-state index contributed by atoms with van der Waals surface area (Å²) in [5, 5.41) is 16.4. The Kier molecular flexibility index (Phi) is 12.2. The van der Waals surface area contributed by atoms with E-state index in [1.54, 1.807) is 0 Å². The Labute approximate surface area is 200 Å². The van der Waals surface area contributed by atoms with Crippen molar-refractivity contribution in [3.8, 4) is 0 Å². The van der Waals surface area contributed by atoms with Crippen molar-refractivity contribution in [3.05, 3.63) is 18.2 Å². The van der Waals surface area contributed by atoms with Gasteiger partial charge in [0.2, 0.25) is 23.6 Å². The Morgan fingerprint density at radius 2 is 1.77 bits per heavy atom. The molecule has 0 spiro atoms. The minimum absolute atomic E-state index is 0.00424. The molecular formula is C19H32N10O6. The number of aromatic nitrogens is 2. The number of guanidine groups is 1. The normalized spacial score (nSPS) is 13.1. The van der Waals surface area contributed by atoms with Gasteiger partial charge in [0.25, 0.3) is 0 Å². The number of carbonyl (C=O) groups excluding carboxylic acids is 4. The van der Waals surface area contributed by atoms with Gasteiger partial charge in [-0.3, -0.25) is 24.2 Å². The summed E-state index contributed by atoms with van der Waals surface area (Å²) in [6.07, 6.45) is 3.08. The van der Waals surface area contributed by atoms with Gasteiger partial charge in [-0.25, -0.2) is 9.78 Å². The number of hydrogen-bond donors (Lipinski definition) is 9. The van der Waals surface area contributed by atoms with Gasteiger partial charge in [0, 0.05) is 31.3 Å². The van der Waals surface area contributed by atoms with Crippen molar-refractivity contribution in [1.82, 2.24) is 25.9 Å². The van der Waals surface area contributed by atoms with Gasteiger partial charge in [-0.15, -0.1) is 0 Å². The minimum atomic E-state index is -1.26. The number of nitrogens with zero attached hydrogens (tertiary/aromatic N) is 2. The lowest BCUT2D eigenvalue weighted by atomic mass is 10.1. The molecule has 0 aliphatic rings. The molecule has 0 radical (unpaired) electrons. The van der Waals surface area contributed by atoms with Gasteiger partial charge < -0.3 is 49.0 Å². The molecule has 13 N–H and O–H groups in total. The van der Waals surface area contributed by atoms with Gasteiger partial charge in [0.1, 0.15) is 12.1 Å². The fourth-order valence-corrected chi connectivity index (χ4v) is 2.83. The Bertz CT molecular complexity index is 900. The molecule has 3 atom stereocenters. The zero-order valence-electron chi connectivity index (χ0n) is 19.0. The quantitative estimate of drug-likeness (QED) is 0.0603. The maximum atomic E-state index is 12.7. The number of aliphatic imine (C=N–C) groups is 1. The summed E-state index contributed by atoms with van der Waals surface area (Å²) >= 11 is 0. The van der Waals surface area contributed by atoms with Gasteiger partial charge in [-0.2, -0.15) is 0 Å². The zero-order valence-corrected chi connectivity index (χ0v) is 19.0. The van der Waals surface area contributed by atoms with E-state index in [0.717, 1.165) is 0 Å². The molecule has 1 aromatic rings. The van der Waals surface area contributed by atoms with E-state index in [-0.39, 0.29) is 38.2 Å². The SMILES string of the molecule is NC(=O)CCC(N)C(=O)NC(Cc1cnc[nH]1)C(=O)NCC(=O)NC(CCCN=C(N)N)C(=O)O. The number of aromatic amines is 1. The van der Waals surface area contributed by atoms with Crippen molar-refractivity contribution in [3.63, 3.8) is 0 Å². The third-order valence-corrected chi connectivity index (χ3v) is 4.65. The minimum Gasteiger partial charge on any atom is -0.480 e. The van der Waals surface area contributed by atoms with Crippen LogP contribution in [0.25, 0.3) is 0 Å². The maximum absolute atomic E-state index is 12.7. The molecule has 0 aromatic carbocycles. The highest BCUT2D eigenvalue weighted by Crippen LogP contribution is 2.02. The molecule has 0 fully saturated rings. The van der Waals surface area contributed by atoms with Crippen LogP contribution < -0.4 is 38.9 Å². The topological polar surface area (TPSA) is 287 Å². The number of carboxylic acids is 1. The molecule has 1 aromatic heterocycles. The number of nitrogens with one attached hydrogen (secondary N) is 4. The number of carboxylic acid groups (broad SMARTS) is 1. The summed E-state index contributed by atoms with van der Waals surface area (Å²) in [4.78, 5) is 69.9. The third kappa shape index (κ3) is 12.0. The van der Waals surface area contributed by atoms with Crippen LogP contribution in [-0.4, -0.2) is 81.8 Å². The smallest absolute Gasteiger partial charge is 0.326 e. The van der Waals surface area contributed by atoms with Crippen LogP contribution in [0, 0.1) is 0 Å². The molecule has 4 amide bonds. The second-order valence-corrected chi connectivity index (χ2v) is 7.58. The van der Waals surface area contributed by atoms with E-state index in [4.69, 9.17) is 22.9 Å². The summed E-state index contributed by atoms with van der Waals surface area (Å²) in [5.41, 5.74) is 21.7. The molecule has 3 unspecified atom stereocenters. The molecule has 0 saturated heterocycles. The predicted octanol–water partition coefficient (Wildman–Crippen LogP) is -4.23. The standard InChI is InChI=1S/C19H32N10O6/c20-11(3-4-14(21)30)16(32)29-13(6-10-7-24-9-27-10)17(33)26-8-15(31)28-12(18(34)35)2-1-5-25-19(22)23/h7,9,11-13H,1-6,8,20H2,(H2,21,30)(H,24,27)(H,26,33)(H,28,31)(H,29,32)(H,34,35)(H4,22,23,25). The number of amides is 4. The number of hydrogen-bond acceptors (Lipinski definition) is 8. The number of nitrogens with two attached hydrogens (primary N) is 4. The van der Waals surface area contributed by atoms with Crippen molar-refractivity contribution >= 4 is 35.6 Å². The van der Waals surface area contributed by atoms with Crippen LogP contribution in [0.15, 0.2) is 17.5 Å². The van der Waals surface area contributed by atoms with E-state index in [1.807, 2.05) is 0 Å². The Morgan fingerprint density at radius 3 is 2.34 bits per heavy atom. The predicted molar refractivity (Wildman–Crippen MR) is 123 cm³/mol. The first kappa shape index (κ1) is 28.8. The van der Waals surface area contributed by atoms with Crippen LogP contribution in [0.1, 0.15) is 31.4 Å². The molecule has 16 heteroatoms. The van der Waals surface area contributed by atoms with E-state index in [0.29, 0.717) is 12.1 Å². The van der Waals surface area contributed by atoms with Gasteiger partial charge in [-0.1, -0.05) is 0 Å². The monoisotopic (exact) mass is 496 g/mol. The van der Waals surface area contributed by atoms with Crippen molar-refractivity contribution in [1.29, 1.82) is 0 Å². The highest BCUT2D eigenvalue weighted by molar-refractivity contribution is 5.92. The first-order valence-corrected chi connectivity index (χ1v) is 10.7. The fourth-order valence-electron chi connectivity index (χ4n) is 2.83. The van der Waals surface area contributed by atoms with Crippen LogP contribution >= 0.6 is 0 Å². The second kappa shape index (κ2) is 14.8. The van der Waals surface area contributed by atoms with E-state index in [1.165, 1.54) is 12.5 Å². The summed E-state index contributed by atoms with van der Waals surface area (Å²) < 4.78 is 0. The average Bonchev–Trinajstić information content (AvgIpc) is 3.30. The van der Waals surface area contributed by atoms with Gasteiger partial charge in [-0.05, 0) is 19.3 Å². The van der Waals surface area contributed by atoms with E-state index in [2.05, 4.69) is 30.9 Å².